The minimum absolute atomic E-state index is 0.0368. The summed E-state index contributed by atoms with van der Waals surface area (Å²) in [6.07, 6.45) is 1.11. The van der Waals surface area contributed by atoms with E-state index in [0.29, 0.717) is 18.4 Å². The van der Waals surface area contributed by atoms with E-state index in [-0.39, 0.29) is 18.5 Å². The van der Waals surface area contributed by atoms with Gasteiger partial charge in [0.2, 0.25) is 5.91 Å². The van der Waals surface area contributed by atoms with Crippen LogP contribution >= 0.6 is 0 Å². The van der Waals surface area contributed by atoms with E-state index in [4.69, 9.17) is 0 Å². The van der Waals surface area contributed by atoms with Gasteiger partial charge in [-0.1, -0.05) is 32.0 Å². The number of benzene rings is 1. The molecule has 1 saturated heterocycles. The van der Waals surface area contributed by atoms with Crippen molar-refractivity contribution in [1.29, 1.82) is 0 Å². The van der Waals surface area contributed by atoms with Crippen LogP contribution in [0, 0.1) is 11.8 Å². The van der Waals surface area contributed by atoms with Gasteiger partial charge in [0.05, 0.1) is 6.54 Å². The number of rotatable bonds is 7. The molecule has 0 spiro atoms. The predicted octanol–water partition coefficient (Wildman–Crippen LogP) is 1.90. The molecule has 1 fully saturated rings. The minimum Gasteiger partial charge on any atom is -0.338 e. The number of hydrogen-bond donors (Lipinski definition) is 3. The normalized spacial score (nSPS) is 17.7. The molecule has 1 aliphatic rings. The highest BCUT2D eigenvalue weighted by Gasteiger charge is 2.23. The molecule has 0 aromatic heterocycles. The van der Waals surface area contributed by atoms with E-state index in [0.717, 1.165) is 31.7 Å². The van der Waals surface area contributed by atoms with Crippen molar-refractivity contribution in [2.24, 2.45) is 11.8 Å². The van der Waals surface area contributed by atoms with Gasteiger partial charge in [-0.05, 0) is 36.9 Å². The van der Waals surface area contributed by atoms with Crippen molar-refractivity contribution in [3.63, 3.8) is 0 Å². The van der Waals surface area contributed by atoms with Gasteiger partial charge in [0.15, 0.2) is 0 Å². The third-order valence-electron chi connectivity index (χ3n) is 4.01. The lowest BCUT2D eigenvalue weighted by Crippen LogP contribution is -2.42. The van der Waals surface area contributed by atoms with Gasteiger partial charge in [-0.15, -0.1) is 0 Å². The molecule has 1 heterocycles. The van der Waals surface area contributed by atoms with E-state index >= 15 is 0 Å². The van der Waals surface area contributed by atoms with Gasteiger partial charge in [-0.2, -0.15) is 0 Å². The lowest BCUT2D eigenvalue weighted by atomic mass is 10.1. The summed E-state index contributed by atoms with van der Waals surface area (Å²) in [6, 6.07) is 8.90. The second-order valence-corrected chi connectivity index (χ2v) is 6.79. The molecule has 0 bridgehead atoms. The largest absolute Gasteiger partial charge is 0.338 e. The van der Waals surface area contributed by atoms with Gasteiger partial charge in [-0.25, -0.2) is 4.79 Å². The van der Waals surface area contributed by atoms with Crippen LogP contribution in [0.15, 0.2) is 30.3 Å². The number of nitrogens with one attached hydrogen (secondary N) is 3. The molecule has 1 aliphatic heterocycles. The molecule has 0 aliphatic carbocycles. The summed E-state index contributed by atoms with van der Waals surface area (Å²) in [7, 11) is 0. The highest BCUT2D eigenvalue weighted by molar-refractivity contribution is 5.94. The second kappa shape index (κ2) is 9.27. The molecule has 1 atom stereocenters. The van der Waals surface area contributed by atoms with Gasteiger partial charge in [0.1, 0.15) is 0 Å². The second-order valence-electron chi connectivity index (χ2n) is 6.79. The first-order valence-corrected chi connectivity index (χ1v) is 8.62. The van der Waals surface area contributed by atoms with Crippen molar-refractivity contribution in [3.05, 3.63) is 30.3 Å². The quantitative estimate of drug-likeness (QED) is 0.714. The molecule has 0 unspecified atom stereocenters. The fourth-order valence-electron chi connectivity index (χ4n) is 2.95. The molecule has 0 radical (unpaired) electrons. The first-order valence-electron chi connectivity index (χ1n) is 8.62. The average molecular weight is 332 g/mol. The standard InChI is InChI=1S/C18H28N4O2/c1-14(2)12-22-9-8-15(13-22)10-19-18(24)20-11-17(23)21-16-6-4-3-5-7-16/h3-7,14-15H,8-13H2,1-2H3,(H,21,23)(H2,19,20,24)/t15-/m1/s1. The first-order chi connectivity index (χ1) is 11.5. The zero-order valence-electron chi connectivity index (χ0n) is 14.5. The number of nitrogens with zero attached hydrogens (tertiary/aromatic N) is 1. The Morgan fingerprint density at radius 3 is 2.67 bits per heavy atom. The monoisotopic (exact) mass is 332 g/mol. The van der Waals surface area contributed by atoms with Crippen LogP contribution in [0.4, 0.5) is 10.5 Å². The number of likely N-dealkylation sites (tertiary alicyclic amines) is 1. The number of urea groups is 1. The van der Waals surface area contributed by atoms with Gasteiger partial charge < -0.3 is 20.9 Å². The maximum absolute atomic E-state index is 11.8. The van der Waals surface area contributed by atoms with Crippen LogP contribution in [0.3, 0.4) is 0 Å². The van der Waals surface area contributed by atoms with Crippen LogP contribution < -0.4 is 16.0 Å². The Morgan fingerprint density at radius 1 is 1.21 bits per heavy atom. The molecule has 2 rings (SSSR count). The lowest BCUT2D eigenvalue weighted by molar-refractivity contribution is -0.115. The molecule has 132 valence electrons. The van der Waals surface area contributed by atoms with Crippen LogP contribution in [0.1, 0.15) is 20.3 Å². The smallest absolute Gasteiger partial charge is 0.315 e. The SMILES string of the molecule is CC(C)CN1CC[C@H](CNC(=O)NCC(=O)Nc2ccccc2)C1. The van der Waals surface area contributed by atoms with Gasteiger partial charge in [-0.3, -0.25) is 4.79 Å². The maximum atomic E-state index is 11.8. The molecule has 3 N–H and O–H groups in total. The molecule has 0 saturated carbocycles. The van der Waals surface area contributed by atoms with Crippen LogP contribution in [0.25, 0.3) is 0 Å². The van der Waals surface area contributed by atoms with Gasteiger partial charge >= 0.3 is 6.03 Å². The van der Waals surface area contributed by atoms with E-state index in [1.54, 1.807) is 12.1 Å². The molecule has 1 aromatic carbocycles. The summed E-state index contributed by atoms with van der Waals surface area (Å²) < 4.78 is 0. The molecule has 6 heteroatoms. The summed E-state index contributed by atoms with van der Waals surface area (Å²) >= 11 is 0. The van der Waals surface area contributed by atoms with E-state index in [1.165, 1.54) is 0 Å². The van der Waals surface area contributed by atoms with E-state index < -0.39 is 0 Å². The Bertz CT molecular complexity index is 533. The predicted molar refractivity (Wildman–Crippen MR) is 95.9 cm³/mol. The summed E-state index contributed by atoms with van der Waals surface area (Å²) in [5.41, 5.74) is 0.723. The number of carbonyl (C=O) groups is 2. The lowest BCUT2D eigenvalue weighted by Gasteiger charge is -2.18. The molecule has 24 heavy (non-hydrogen) atoms. The first kappa shape index (κ1) is 18.3. The summed E-state index contributed by atoms with van der Waals surface area (Å²) in [4.78, 5) is 26.0. The zero-order chi connectivity index (χ0) is 17.4. The van der Waals surface area contributed by atoms with Crippen LogP contribution in [0.2, 0.25) is 0 Å². The third-order valence-corrected chi connectivity index (χ3v) is 4.01. The Kier molecular flexibility index (Phi) is 7.06. The number of hydrogen-bond acceptors (Lipinski definition) is 3. The van der Waals surface area contributed by atoms with Crippen molar-refractivity contribution >= 4 is 17.6 Å². The minimum atomic E-state index is -0.291. The maximum Gasteiger partial charge on any atom is 0.315 e. The molecular weight excluding hydrogens is 304 g/mol. The fraction of sp³-hybridized carbons (Fsp3) is 0.556. The molecule has 3 amide bonds. The topological polar surface area (TPSA) is 73.5 Å². The number of amides is 3. The van der Waals surface area contributed by atoms with E-state index in [9.17, 15) is 9.59 Å². The summed E-state index contributed by atoms with van der Waals surface area (Å²) in [6.45, 7) is 8.31. The van der Waals surface area contributed by atoms with Gasteiger partial charge in [0, 0.05) is 25.3 Å². The van der Waals surface area contributed by atoms with Crippen molar-refractivity contribution in [3.8, 4) is 0 Å². The number of anilines is 1. The van der Waals surface area contributed by atoms with Crippen LogP contribution in [-0.2, 0) is 4.79 Å². The highest BCUT2D eigenvalue weighted by atomic mass is 16.2. The zero-order valence-corrected chi connectivity index (χ0v) is 14.5. The summed E-state index contributed by atoms with van der Waals surface area (Å²) in [5, 5.41) is 8.19. The van der Waals surface area contributed by atoms with Crippen LogP contribution in [-0.4, -0.2) is 49.6 Å². The Balaban J connectivity index is 1.59. The number of carbonyl (C=O) groups excluding carboxylic acids is 2. The van der Waals surface area contributed by atoms with Crippen molar-refractivity contribution in [2.45, 2.75) is 20.3 Å². The molecule has 1 aromatic rings. The third kappa shape index (κ3) is 6.58. The molecule has 6 nitrogen and oxygen atoms in total. The van der Waals surface area contributed by atoms with Crippen molar-refractivity contribution in [1.82, 2.24) is 15.5 Å². The van der Waals surface area contributed by atoms with Crippen LogP contribution in [0.5, 0.6) is 0 Å². The number of para-hydroxylation sites is 1. The Labute approximate surface area is 144 Å². The van der Waals surface area contributed by atoms with Crippen molar-refractivity contribution in [2.75, 3.05) is 38.0 Å². The van der Waals surface area contributed by atoms with Gasteiger partial charge in [0.25, 0.3) is 0 Å². The Morgan fingerprint density at radius 2 is 1.96 bits per heavy atom. The van der Waals surface area contributed by atoms with Crippen molar-refractivity contribution < 1.29 is 9.59 Å². The Hall–Kier alpha value is -2.08. The average Bonchev–Trinajstić information content (AvgIpc) is 2.98. The highest BCUT2D eigenvalue weighted by Crippen LogP contribution is 2.16. The van der Waals surface area contributed by atoms with E-state index in [1.807, 2.05) is 18.2 Å². The summed E-state index contributed by atoms with van der Waals surface area (Å²) in [5.74, 6) is 0.927. The molecular formula is C18H28N4O2. The van der Waals surface area contributed by atoms with E-state index in [2.05, 4.69) is 34.7 Å². The fourth-order valence-corrected chi connectivity index (χ4v) is 2.95.